The highest BCUT2D eigenvalue weighted by Crippen LogP contribution is 2.36. The summed E-state index contributed by atoms with van der Waals surface area (Å²) in [5.41, 5.74) is 8.76. The van der Waals surface area contributed by atoms with Crippen LogP contribution in [0.5, 0.6) is 0 Å². The number of aromatic nitrogens is 3. The topological polar surface area (TPSA) is 105 Å². The molecule has 1 saturated heterocycles. The Balaban J connectivity index is 1.73. The van der Waals surface area contributed by atoms with E-state index >= 15 is 4.39 Å². The molecule has 3 heterocycles. The summed E-state index contributed by atoms with van der Waals surface area (Å²) >= 11 is 6.45. The van der Waals surface area contributed by atoms with Crippen LogP contribution in [-0.4, -0.2) is 50.6 Å². The van der Waals surface area contributed by atoms with Crippen LogP contribution in [0, 0.1) is 11.7 Å². The third-order valence-corrected chi connectivity index (χ3v) is 6.32. The highest BCUT2D eigenvalue weighted by Gasteiger charge is 2.28. The number of aliphatic hydroxyl groups is 1. The molecule has 0 spiro atoms. The molecule has 0 radical (unpaired) electrons. The maximum absolute atomic E-state index is 15.3. The number of nitrogen functional groups attached to an aromatic ring is 1. The number of rotatable bonds is 5. The second-order valence-electron chi connectivity index (χ2n) is 8.10. The molecular weight excluding hydrogens is 445 g/mol. The van der Waals surface area contributed by atoms with Crippen LogP contribution in [0.1, 0.15) is 35.8 Å². The van der Waals surface area contributed by atoms with Crippen LogP contribution in [0.3, 0.4) is 0 Å². The van der Waals surface area contributed by atoms with Crippen LogP contribution in [0.2, 0.25) is 5.02 Å². The zero-order chi connectivity index (χ0) is 23.5. The van der Waals surface area contributed by atoms with Gasteiger partial charge in [0.2, 0.25) is 0 Å². The van der Waals surface area contributed by atoms with Gasteiger partial charge in [-0.1, -0.05) is 18.5 Å². The largest absolute Gasteiger partial charge is 0.396 e. The first-order chi connectivity index (χ1) is 15.9. The van der Waals surface area contributed by atoms with Gasteiger partial charge in [-0.3, -0.25) is 4.79 Å². The number of carbonyl (C=O) groups is 1. The van der Waals surface area contributed by atoms with E-state index in [1.807, 2.05) is 13.0 Å². The minimum atomic E-state index is -0.704. The first-order valence-corrected chi connectivity index (χ1v) is 11.3. The zero-order valence-electron chi connectivity index (χ0n) is 18.3. The van der Waals surface area contributed by atoms with Crippen molar-refractivity contribution in [2.24, 2.45) is 5.92 Å². The van der Waals surface area contributed by atoms with Gasteiger partial charge in [-0.15, -0.1) is 0 Å². The second kappa shape index (κ2) is 9.80. The van der Waals surface area contributed by atoms with E-state index in [0.717, 1.165) is 11.3 Å². The van der Waals surface area contributed by atoms with Crippen molar-refractivity contribution < 1.29 is 14.3 Å². The number of piperidine rings is 1. The predicted molar refractivity (Wildman–Crippen MR) is 125 cm³/mol. The van der Waals surface area contributed by atoms with Gasteiger partial charge in [0.15, 0.2) is 0 Å². The van der Waals surface area contributed by atoms with Crippen LogP contribution < -0.4 is 5.73 Å². The van der Waals surface area contributed by atoms with Crippen molar-refractivity contribution in [2.45, 2.75) is 26.2 Å². The Morgan fingerprint density at radius 2 is 1.97 bits per heavy atom. The van der Waals surface area contributed by atoms with Gasteiger partial charge in [-0.2, -0.15) is 0 Å². The number of benzene rings is 1. The summed E-state index contributed by atoms with van der Waals surface area (Å²) in [5, 5.41) is 9.34. The average Bonchev–Trinajstić information content (AvgIpc) is 2.83. The lowest BCUT2D eigenvalue weighted by Gasteiger charge is -2.31. The number of aliphatic hydroxyl groups excluding tert-OH is 1. The number of pyridine rings is 1. The Labute approximate surface area is 196 Å². The molecule has 33 heavy (non-hydrogen) atoms. The molecular formula is C24H25ClFN5O2. The molecule has 1 aliphatic heterocycles. The van der Waals surface area contributed by atoms with Gasteiger partial charge in [-0.25, -0.2) is 19.3 Å². The zero-order valence-corrected chi connectivity index (χ0v) is 19.0. The van der Waals surface area contributed by atoms with Gasteiger partial charge in [0.1, 0.15) is 18.0 Å². The van der Waals surface area contributed by atoms with E-state index in [1.165, 1.54) is 12.4 Å². The molecule has 1 aliphatic rings. The molecule has 0 unspecified atom stereocenters. The SMILES string of the molecule is CCc1ncnc(-c2cc(F)c(C(=O)N3CCC(CO)CC3)c(Cl)c2)c1-c1ccc(N)nc1. The van der Waals surface area contributed by atoms with Crippen molar-refractivity contribution in [2.75, 3.05) is 25.4 Å². The number of carbonyl (C=O) groups excluding carboxylic acids is 1. The number of nitrogens with zero attached hydrogens (tertiary/aromatic N) is 4. The molecule has 0 aliphatic carbocycles. The lowest BCUT2D eigenvalue weighted by molar-refractivity contribution is 0.0646. The summed E-state index contributed by atoms with van der Waals surface area (Å²) in [6.45, 7) is 2.98. The molecule has 3 aromatic rings. The van der Waals surface area contributed by atoms with Gasteiger partial charge < -0.3 is 15.7 Å². The maximum Gasteiger partial charge on any atom is 0.258 e. The third kappa shape index (κ3) is 4.67. The number of likely N-dealkylation sites (tertiary alicyclic amines) is 1. The number of nitrogens with two attached hydrogens (primary N) is 1. The van der Waals surface area contributed by atoms with Gasteiger partial charge in [0, 0.05) is 42.6 Å². The Bertz CT molecular complexity index is 1140. The summed E-state index contributed by atoms with van der Waals surface area (Å²) in [7, 11) is 0. The van der Waals surface area contributed by atoms with Crippen molar-refractivity contribution in [3.8, 4) is 22.4 Å². The normalized spacial score (nSPS) is 14.5. The molecule has 4 rings (SSSR count). The third-order valence-electron chi connectivity index (χ3n) is 6.03. The van der Waals surface area contributed by atoms with E-state index in [0.29, 0.717) is 55.0 Å². The smallest absolute Gasteiger partial charge is 0.258 e. The lowest BCUT2D eigenvalue weighted by Crippen LogP contribution is -2.39. The fourth-order valence-electron chi connectivity index (χ4n) is 4.16. The molecule has 9 heteroatoms. The number of amides is 1. The first kappa shape index (κ1) is 23.1. The van der Waals surface area contributed by atoms with Crippen molar-refractivity contribution in [1.82, 2.24) is 19.9 Å². The van der Waals surface area contributed by atoms with Gasteiger partial charge in [-0.05, 0) is 49.4 Å². The first-order valence-electron chi connectivity index (χ1n) is 10.9. The molecule has 0 bridgehead atoms. The summed E-state index contributed by atoms with van der Waals surface area (Å²) in [4.78, 5) is 27.5. The van der Waals surface area contributed by atoms with Gasteiger partial charge in [0.25, 0.3) is 5.91 Å². The van der Waals surface area contributed by atoms with Crippen molar-refractivity contribution in [1.29, 1.82) is 0 Å². The Morgan fingerprint density at radius 3 is 2.58 bits per heavy atom. The molecule has 0 saturated carbocycles. The van der Waals surface area contributed by atoms with Crippen molar-refractivity contribution in [3.63, 3.8) is 0 Å². The number of aryl methyl sites for hydroxylation is 1. The Hall–Kier alpha value is -3.10. The molecule has 0 atom stereocenters. The lowest BCUT2D eigenvalue weighted by atomic mass is 9.95. The van der Waals surface area contributed by atoms with Crippen LogP contribution in [0.15, 0.2) is 36.8 Å². The molecule has 1 amide bonds. The van der Waals surface area contributed by atoms with Crippen LogP contribution in [-0.2, 0) is 6.42 Å². The van der Waals surface area contributed by atoms with E-state index < -0.39 is 11.7 Å². The molecule has 2 aromatic heterocycles. The average molecular weight is 470 g/mol. The molecule has 7 nitrogen and oxygen atoms in total. The van der Waals surface area contributed by atoms with Crippen LogP contribution in [0.25, 0.3) is 22.4 Å². The molecule has 172 valence electrons. The number of anilines is 1. The van der Waals surface area contributed by atoms with Crippen LogP contribution in [0.4, 0.5) is 10.2 Å². The predicted octanol–water partition coefficient (Wildman–Crippen LogP) is 3.99. The van der Waals surface area contributed by atoms with Crippen LogP contribution >= 0.6 is 11.6 Å². The summed E-state index contributed by atoms with van der Waals surface area (Å²) in [6.07, 6.45) is 5.05. The molecule has 1 aromatic carbocycles. The van der Waals surface area contributed by atoms with E-state index in [2.05, 4.69) is 15.0 Å². The number of halogens is 2. The highest BCUT2D eigenvalue weighted by molar-refractivity contribution is 6.34. The van der Waals surface area contributed by atoms with Crippen molar-refractivity contribution >= 4 is 23.3 Å². The number of hydrogen-bond acceptors (Lipinski definition) is 6. The second-order valence-corrected chi connectivity index (χ2v) is 8.51. The summed E-state index contributed by atoms with van der Waals surface area (Å²) in [6, 6.07) is 6.35. The van der Waals surface area contributed by atoms with E-state index in [4.69, 9.17) is 17.3 Å². The maximum atomic E-state index is 15.3. The molecule has 1 fully saturated rings. The number of hydrogen-bond donors (Lipinski definition) is 2. The monoisotopic (exact) mass is 469 g/mol. The minimum absolute atomic E-state index is 0.0253. The standard InChI is InChI=1S/C24H25ClFN5O2/c1-2-19-21(15-3-4-20(27)28-11-15)23(30-13-29-19)16-9-17(25)22(18(26)10-16)24(33)31-7-5-14(12-32)6-8-31/h3-4,9-11,13-14,32H,2,5-8,12H2,1H3,(H2,27,28). The highest BCUT2D eigenvalue weighted by atomic mass is 35.5. The fourth-order valence-corrected chi connectivity index (χ4v) is 4.45. The van der Waals surface area contributed by atoms with Gasteiger partial charge >= 0.3 is 0 Å². The summed E-state index contributed by atoms with van der Waals surface area (Å²) < 4.78 is 15.3. The molecule has 3 N–H and O–H groups in total. The van der Waals surface area contributed by atoms with E-state index in [9.17, 15) is 9.90 Å². The summed E-state index contributed by atoms with van der Waals surface area (Å²) in [5.74, 6) is -0.594. The minimum Gasteiger partial charge on any atom is -0.396 e. The van der Waals surface area contributed by atoms with Crippen molar-refractivity contribution in [3.05, 3.63) is 58.9 Å². The quantitative estimate of drug-likeness (QED) is 0.585. The Kier molecular flexibility index (Phi) is 6.85. The van der Waals surface area contributed by atoms with E-state index in [1.54, 1.807) is 23.2 Å². The van der Waals surface area contributed by atoms with Gasteiger partial charge in [0.05, 0.1) is 22.0 Å². The van der Waals surface area contributed by atoms with E-state index in [-0.39, 0.29) is 23.1 Å². The fraction of sp³-hybridized carbons (Fsp3) is 0.333. The Morgan fingerprint density at radius 1 is 1.21 bits per heavy atom.